The van der Waals surface area contributed by atoms with Crippen molar-refractivity contribution < 1.29 is 0 Å². The van der Waals surface area contributed by atoms with Crippen LogP contribution in [0.25, 0.3) is 0 Å². The second-order valence-corrected chi connectivity index (χ2v) is 4.52. The molecule has 2 heterocycles. The van der Waals surface area contributed by atoms with Gasteiger partial charge >= 0.3 is 0 Å². The summed E-state index contributed by atoms with van der Waals surface area (Å²) in [5.74, 6) is 2.97. The van der Waals surface area contributed by atoms with E-state index in [0.717, 1.165) is 43.5 Å². The summed E-state index contributed by atoms with van der Waals surface area (Å²) < 4.78 is 2.29. The van der Waals surface area contributed by atoms with Crippen LogP contribution in [0.1, 0.15) is 38.0 Å². The molecule has 0 amide bonds. The molecule has 0 bridgehead atoms. The highest BCUT2D eigenvalue weighted by Gasteiger charge is 2.22. The highest BCUT2D eigenvalue weighted by molar-refractivity contribution is 4.99. The van der Waals surface area contributed by atoms with E-state index in [4.69, 9.17) is 0 Å². The average Bonchev–Trinajstić information content (AvgIpc) is 2.52. The lowest BCUT2D eigenvalue weighted by Gasteiger charge is -2.27. The van der Waals surface area contributed by atoms with E-state index < -0.39 is 0 Å². The van der Waals surface area contributed by atoms with Gasteiger partial charge in [0.1, 0.15) is 11.6 Å². The largest absolute Gasteiger partial charge is 0.316 e. The Morgan fingerprint density at radius 2 is 2.20 bits per heavy atom. The van der Waals surface area contributed by atoms with Gasteiger partial charge in [0.15, 0.2) is 0 Å². The summed E-state index contributed by atoms with van der Waals surface area (Å²) in [6, 6.07) is 0.517. The van der Waals surface area contributed by atoms with Crippen molar-refractivity contribution in [3.05, 3.63) is 11.6 Å². The molecule has 0 spiro atoms. The van der Waals surface area contributed by atoms with Crippen LogP contribution >= 0.6 is 0 Å². The molecule has 1 atom stereocenters. The minimum atomic E-state index is 0.517. The minimum Gasteiger partial charge on any atom is -0.316 e. The van der Waals surface area contributed by atoms with Crippen molar-refractivity contribution >= 4 is 0 Å². The van der Waals surface area contributed by atoms with Gasteiger partial charge in [-0.25, -0.2) is 0 Å². The van der Waals surface area contributed by atoms with Gasteiger partial charge in [-0.2, -0.15) is 0 Å². The predicted octanol–water partition coefficient (Wildman–Crippen LogP) is 1.32. The van der Waals surface area contributed by atoms with Crippen LogP contribution in [-0.4, -0.2) is 27.9 Å². The van der Waals surface area contributed by atoms with E-state index in [1.165, 1.54) is 0 Å². The van der Waals surface area contributed by atoms with Gasteiger partial charge in [0, 0.05) is 12.5 Å². The second kappa shape index (κ2) is 4.31. The molecule has 1 N–H and O–H groups in total. The summed E-state index contributed by atoms with van der Waals surface area (Å²) >= 11 is 0. The number of aryl methyl sites for hydroxylation is 1. The SMILES string of the molecule is CCC(C)n1c(C)nnc1CC1CNC1. The summed E-state index contributed by atoms with van der Waals surface area (Å²) in [7, 11) is 0. The highest BCUT2D eigenvalue weighted by atomic mass is 15.3. The van der Waals surface area contributed by atoms with Gasteiger partial charge < -0.3 is 9.88 Å². The number of hydrogen-bond acceptors (Lipinski definition) is 3. The summed E-state index contributed by atoms with van der Waals surface area (Å²) in [6.07, 6.45) is 2.20. The third-order valence-electron chi connectivity index (χ3n) is 3.31. The van der Waals surface area contributed by atoms with E-state index in [-0.39, 0.29) is 0 Å². The molecule has 1 fully saturated rings. The number of nitrogens with one attached hydrogen (secondary N) is 1. The van der Waals surface area contributed by atoms with Crippen molar-refractivity contribution in [1.29, 1.82) is 0 Å². The number of nitrogens with zero attached hydrogens (tertiary/aromatic N) is 3. The molecule has 1 aromatic rings. The van der Waals surface area contributed by atoms with E-state index >= 15 is 0 Å². The number of aromatic nitrogens is 3. The van der Waals surface area contributed by atoms with Crippen molar-refractivity contribution in [3.63, 3.8) is 0 Å². The third-order valence-corrected chi connectivity index (χ3v) is 3.31. The van der Waals surface area contributed by atoms with Crippen LogP contribution in [0, 0.1) is 12.8 Å². The Hall–Kier alpha value is -0.900. The van der Waals surface area contributed by atoms with Crippen LogP contribution in [0.2, 0.25) is 0 Å². The van der Waals surface area contributed by atoms with Crippen molar-refractivity contribution in [1.82, 2.24) is 20.1 Å². The summed E-state index contributed by atoms with van der Waals surface area (Å²) in [5.41, 5.74) is 0. The molecule has 84 valence electrons. The van der Waals surface area contributed by atoms with Crippen LogP contribution in [-0.2, 0) is 6.42 Å². The maximum absolute atomic E-state index is 4.29. The molecule has 4 heteroatoms. The third kappa shape index (κ3) is 2.04. The number of rotatable bonds is 4. The molecular weight excluding hydrogens is 188 g/mol. The molecule has 1 aliphatic rings. The lowest BCUT2D eigenvalue weighted by molar-refractivity contribution is 0.332. The molecule has 0 radical (unpaired) electrons. The zero-order valence-corrected chi connectivity index (χ0v) is 9.82. The normalized spacial score (nSPS) is 18.9. The van der Waals surface area contributed by atoms with Crippen LogP contribution in [0.15, 0.2) is 0 Å². The molecule has 0 saturated carbocycles. The van der Waals surface area contributed by atoms with Gasteiger partial charge in [0.25, 0.3) is 0 Å². The van der Waals surface area contributed by atoms with Gasteiger partial charge in [0.2, 0.25) is 0 Å². The van der Waals surface area contributed by atoms with Crippen molar-refractivity contribution in [2.75, 3.05) is 13.1 Å². The standard InChI is InChI=1S/C11H20N4/c1-4-8(2)15-9(3)13-14-11(15)5-10-6-12-7-10/h8,10,12H,4-7H2,1-3H3. The highest BCUT2D eigenvalue weighted by Crippen LogP contribution is 2.18. The zero-order chi connectivity index (χ0) is 10.8. The van der Waals surface area contributed by atoms with Crippen molar-refractivity contribution in [2.45, 2.75) is 39.7 Å². The van der Waals surface area contributed by atoms with E-state index in [0.29, 0.717) is 6.04 Å². The maximum atomic E-state index is 4.29. The van der Waals surface area contributed by atoms with E-state index in [1.807, 2.05) is 6.92 Å². The zero-order valence-electron chi connectivity index (χ0n) is 9.82. The van der Waals surface area contributed by atoms with Gasteiger partial charge in [-0.15, -0.1) is 10.2 Å². The van der Waals surface area contributed by atoms with Crippen LogP contribution in [0.5, 0.6) is 0 Å². The summed E-state index contributed by atoms with van der Waals surface area (Å²) in [6.45, 7) is 8.75. The molecule has 4 nitrogen and oxygen atoms in total. The maximum Gasteiger partial charge on any atom is 0.133 e. The minimum absolute atomic E-state index is 0.517. The molecule has 0 aliphatic carbocycles. The lowest BCUT2D eigenvalue weighted by Crippen LogP contribution is -2.43. The predicted molar refractivity (Wildman–Crippen MR) is 59.8 cm³/mol. The first-order valence-corrected chi connectivity index (χ1v) is 5.83. The summed E-state index contributed by atoms with van der Waals surface area (Å²) in [4.78, 5) is 0. The lowest BCUT2D eigenvalue weighted by atomic mass is 9.99. The van der Waals surface area contributed by atoms with Crippen LogP contribution in [0.3, 0.4) is 0 Å². The topological polar surface area (TPSA) is 42.7 Å². The Morgan fingerprint density at radius 3 is 2.73 bits per heavy atom. The van der Waals surface area contributed by atoms with Crippen molar-refractivity contribution in [2.24, 2.45) is 5.92 Å². The molecule has 1 unspecified atom stereocenters. The fourth-order valence-electron chi connectivity index (χ4n) is 2.06. The van der Waals surface area contributed by atoms with Gasteiger partial charge in [-0.1, -0.05) is 6.92 Å². The van der Waals surface area contributed by atoms with E-state index in [1.54, 1.807) is 0 Å². The molecular formula is C11H20N4. The first kappa shape index (κ1) is 10.6. The monoisotopic (exact) mass is 208 g/mol. The van der Waals surface area contributed by atoms with E-state index in [2.05, 4.69) is 33.9 Å². The molecule has 1 aromatic heterocycles. The smallest absolute Gasteiger partial charge is 0.133 e. The van der Waals surface area contributed by atoms with Crippen LogP contribution < -0.4 is 5.32 Å². The Balaban J connectivity index is 2.14. The van der Waals surface area contributed by atoms with Gasteiger partial charge in [0.05, 0.1) is 0 Å². The van der Waals surface area contributed by atoms with Gasteiger partial charge in [-0.05, 0) is 39.3 Å². The molecule has 1 saturated heterocycles. The Labute approximate surface area is 91.1 Å². The van der Waals surface area contributed by atoms with Crippen LogP contribution in [0.4, 0.5) is 0 Å². The molecule has 1 aliphatic heterocycles. The molecule has 2 rings (SSSR count). The fraction of sp³-hybridized carbons (Fsp3) is 0.818. The Morgan fingerprint density at radius 1 is 1.47 bits per heavy atom. The Kier molecular flexibility index (Phi) is 3.05. The second-order valence-electron chi connectivity index (χ2n) is 4.52. The quantitative estimate of drug-likeness (QED) is 0.811. The van der Waals surface area contributed by atoms with Gasteiger partial charge in [-0.3, -0.25) is 0 Å². The summed E-state index contributed by atoms with van der Waals surface area (Å²) in [5, 5.41) is 11.8. The molecule has 15 heavy (non-hydrogen) atoms. The van der Waals surface area contributed by atoms with E-state index in [9.17, 15) is 0 Å². The number of hydrogen-bond donors (Lipinski definition) is 1. The first-order valence-electron chi connectivity index (χ1n) is 5.83. The Bertz CT molecular complexity index is 327. The average molecular weight is 208 g/mol. The van der Waals surface area contributed by atoms with Crippen molar-refractivity contribution in [3.8, 4) is 0 Å². The fourth-order valence-corrected chi connectivity index (χ4v) is 2.06. The molecule has 0 aromatic carbocycles. The first-order chi connectivity index (χ1) is 7.22.